The molecule has 3 heterocycles. The quantitative estimate of drug-likeness (QED) is 0.761. The molecule has 0 spiro atoms. The van der Waals surface area contributed by atoms with Crippen LogP contribution in [0.3, 0.4) is 0 Å². The summed E-state index contributed by atoms with van der Waals surface area (Å²) in [6.45, 7) is 4.97. The maximum Gasteiger partial charge on any atom is 0.164 e. The molecule has 0 fully saturated rings. The minimum absolute atomic E-state index is 0.860. The van der Waals surface area contributed by atoms with E-state index in [4.69, 9.17) is 4.42 Å². The molecule has 0 aromatic carbocycles. The fourth-order valence-corrected chi connectivity index (χ4v) is 3.01. The second kappa shape index (κ2) is 6.22. The molecular weight excluding hydrogens is 365 g/mol. The van der Waals surface area contributed by atoms with E-state index < -0.39 is 0 Å². The molecule has 0 atom stereocenters. The summed E-state index contributed by atoms with van der Waals surface area (Å²) >= 11 is 2.20. The van der Waals surface area contributed by atoms with Crippen molar-refractivity contribution in [3.8, 4) is 0 Å². The van der Waals surface area contributed by atoms with Gasteiger partial charge in [-0.15, -0.1) is 0 Å². The smallest absolute Gasteiger partial charge is 0.164 e. The van der Waals surface area contributed by atoms with Gasteiger partial charge in [0.1, 0.15) is 11.6 Å². The Balaban J connectivity index is 1.69. The first kappa shape index (κ1) is 14.0. The molecule has 20 heavy (non-hydrogen) atoms. The number of fused-ring (bicyclic) bond motifs is 1. The second-order valence-electron chi connectivity index (χ2n) is 5.17. The lowest BCUT2D eigenvalue weighted by molar-refractivity contribution is 0.221. The minimum Gasteiger partial charge on any atom is -0.454 e. The van der Waals surface area contributed by atoms with E-state index in [-0.39, 0.29) is 0 Å². The van der Waals surface area contributed by atoms with Gasteiger partial charge < -0.3 is 4.42 Å². The molecule has 0 aliphatic carbocycles. The zero-order valence-corrected chi connectivity index (χ0v) is 13.8. The van der Waals surface area contributed by atoms with E-state index in [1.807, 2.05) is 12.3 Å². The molecule has 1 aliphatic rings. The molecule has 1 aliphatic heterocycles. The molecule has 0 saturated carbocycles. The van der Waals surface area contributed by atoms with Crippen LogP contribution in [0.5, 0.6) is 0 Å². The van der Waals surface area contributed by atoms with E-state index in [1.165, 1.54) is 11.3 Å². The fraction of sp³-hybridized carbons (Fsp3) is 0.467. The topological polar surface area (TPSA) is 42.2 Å². The van der Waals surface area contributed by atoms with Crippen molar-refractivity contribution >= 4 is 22.6 Å². The van der Waals surface area contributed by atoms with Crippen molar-refractivity contribution in [2.24, 2.45) is 0 Å². The summed E-state index contributed by atoms with van der Waals surface area (Å²) in [6, 6.07) is 4.06. The molecule has 3 rings (SSSR count). The summed E-state index contributed by atoms with van der Waals surface area (Å²) in [4.78, 5) is 11.5. The molecule has 0 saturated heterocycles. The van der Waals surface area contributed by atoms with Gasteiger partial charge in [0.2, 0.25) is 0 Å². The van der Waals surface area contributed by atoms with Crippen LogP contribution < -0.4 is 0 Å². The highest BCUT2D eigenvalue weighted by molar-refractivity contribution is 14.1. The summed E-state index contributed by atoms with van der Waals surface area (Å²) in [5.74, 6) is 2.02. The Morgan fingerprint density at radius 3 is 3.05 bits per heavy atom. The molecule has 0 bridgehead atoms. The van der Waals surface area contributed by atoms with Gasteiger partial charge in [-0.3, -0.25) is 4.90 Å². The summed E-state index contributed by atoms with van der Waals surface area (Å²) in [5.41, 5.74) is 2.49. The van der Waals surface area contributed by atoms with Crippen LogP contribution in [0.25, 0.3) is 0 Å². The third-order valence-electron chi connectivity index (χ3n) is 3.54. The zero-order valence-electron chi connectivity index (χ0n) is 11.6. The summed E-state index contributed by atoms with van der Waals surface area (Å²) in [5, 5.41) is 0. The van der Waals surface area contributed by atoms with Crippen LogP contribution in [-0.2, 0) is 25.9 Å². The van der Waals surface area contributed by atoms with E-state index in [2.05, 4.69) is 50.4 Å². The Kier molecular flexibility index (Phi) is 4.35. The van der Waals surface area contributed by atoms with Crippen LogP contribution in [0.2, 0.25) is 0 Å². The minimum atomic E-state index is 0.860. The van der Waals surface area contributed by atoms with Gasteiger partial charge in [0.15, 0.2) is 3.77 Å². The van der Waals surface area contributed by atoms with Crippen LogP contribution in [-0.4, -0.2) is 21.4 Å². The molecule has 106 valence electrons. The standard InChI is InChI=1S/C15H18IN3O/c1-2-3-15-17-8-11-9-19(7-6-13(11)18-15)10-12-4-5-14(16)20-12/h4-5,8H,2-3,6-7,9-10H2,1H3. The SMILES string of the molecule is CCCc1ncc2c(n1)CCN(Cc1ccc(I)o1)C2. The number of nitrogens with zero attached hydrogens (tertiary/aromatic N) is 3. The van der Waals surface area contributed by atoms with Gasteiger partial charge in [-0.2, -0.15) is 0 Å². The maximum atomic E-state index is 5.64. The Labute approximate surface area is 132 Å². The van der Waals surface area contributed by atoms with Crippen molar-refractivity contribution < 1.29 is 4.42 Å². The summed E-state index contributed by atoms with van der Waals surface area (Å²) in [6.07, 6.45) is 5.08. The molecule has 0 amide bonds. The largest absolute Gasteiger partial charge is 0.454 e. The molecule has 2 aromatic heterocycles. The first-order valence-corrected chi connectivity index (χ1v) is 8.12. The Morgan fingerprint density at radius 2 is 2.30 bits per heavy atom. The van der Waals surface area contributed by atoms with Crippen molar-refractivity contribution in [1.82, 2.24) is 14.9 Å². The number of aromatic nitrogens is 2. The Bertz CT molecular complexity index is 597. The van der Waals surface area contributed by atoms with Gasteiger partial charge in [-0.05, 0) is 41.1 Å². The van der Waals surface area contributed by atoms with E-state index >= 15 is 0 Å². The van der Waals surface area contributed by atoms with E-state index in [1.54, 1.807) is 0 Å². The highest BCUT2D eigenvalue weighted by Gasteiger charge is 2.19. The third kappa shape index (κ3) is 3.20. The number of halogens is 1. The monoisotopic (exact) mass is 383 g/mol. The molecule has 5 heteroatoms. The number of rotatable bonds is 4. The van der Waals surface area contributed by atoms with Crippen molar-refractivity contribution in [3.05, 3.63) is 44.9 Å². The Hall–Kier alpha value is -0.950. The normalized spacial score (nSPS) is 15.3. The van der Waals surface area contributed by atoms with Gasteiger partial charge in [-0.25, -0.2) is 9.97 Å². The van der Waals surface area contributed by atoms with Crippen molar-refractivity contribution in [2.45, 2.75) is 39.3 Å². The lowest BCUT2D eigenvalue weighted by Crippen LogP contribution is -2.31. The number of aryl methyl sites for hydroxylation is 1. The maximum absolute atomic E-state index is 5.64. The van der Waals surface area contributed by atoms with E-state index in [0.717, 1.165) is 54.2 Å². The van der Waals surface area contributed by atoms with Gasteiger partial charge in [0, 0.05) is 43.4 Å². The summed E-state index contributed by atoms with van der Waals surface area (Å²) < 4.78 is 6.59. The first-order valence-electron chi connectivity index (χ1n) is 7.05. The highest BCUT2D eigenvalue weighted by atomic mass is 127. The number of hydrogen-bond acceptors (Lipinski definition) is 4. The molecule has 2 aromatic rings. The lowest BCUT2D eigenvalue weighted by atomic mass is 10.1. The highest BCUT2D eigenvalue weighted by Crippen LogP contribution is 2.20. The van der Waals surface area contributed by atoms with Crippen LogP contribution in [0, 0.1) is 3.77 Å². The first-order chi connectivity index (χ1) is 9.74. The fourth-order valence-electron chi connectivity index (χ4n) is 2.55. The average molecular weight is 383 g/mol. The molecule has 0 radical (unpaired) electrons. The van der Waals surface area contributed by atoms with Crippen LogP contribution in [0.4, 0.5) is 0 Å². The van der Waals surface area contributed by atoms with Gasteiger partial charge in [0.25, 0.3) is 0 Å². The predicted octanol–water partition coefficient (Wildman–Crippen LogP) is 3.19. The van der Waals surface area contributed by atoms with Crippen LogP contribution in [0.1, 0.15) is 36.2 Å². The molecule has 0 unspecified atom stereocenters. The molecule has 0 N–H and O–H groups in total. The summed E-state index contributed by atoms with van der Waals surface area (Å²) in [7, 11) is 0. The van der Waals surface area contributed by atoms with Crippen molar-refractivity contribution in [3.63, 3.8) is 0 Å². The lowest BCUT2D eigenvalue weighted by Gasteiger charge is -2.27. The third-order valence-corrected chi connectivity index (χ3v) is 4.12. The van der Waals surface area contributed by atoms with Gasteiger partial charge >= 0.3 is 0 Å². The van der Waals surface area contributed by atoms with Crippen molar-refractivity contribution in [2.75, 3.05) is 6.54 Å². The van der Waals surface area contributed by atoms with Gasteiger partial charge in [0.05, 0.1) is 6.54 Å². The van der Waals surface area contributed by atoms with Crippen LogP contribution in [0.15, 0.2) is 22.7 Å². The second-order valence-corrected chi connectivity index (χ2v) is 6.24. The van der Waals surface area contributed by atoms with E-state index in [9.17, 15) is 0 Å². The average Bonchev–Trinajstić information content (AvgIpc) is 2.85. The predicted molar refractivity (Wildman–Crippen MR) is 85.3 cm³/mol. The van der Waals surface area contributed by atoms with Gasteiger partial charge in [-0.1, -0.05) is 6.92 Å². The van der Waals surface area contributed by atoms with Crippen LogP contribution >= 0.6 is 22.6 Å². The van der Waals surface area contributed by atoms with E-state index in [0.29, 0.717) is 0 Å². The zero-order chi connectivity index (χ0) is 13.9. The van der Waals surface area contributed by atoms with Crippen molar-refractivity contribution in [1.29, 1.82) is 0 Å². The Morgan fingerprint density at radius 1 is 1.40 bits per heavy atom. The number of hydrogen-bond donors (Lipinski definition) is 0. The number of furan rings is 1. The molecule has 4 nitrogen and oxygen atoms in total. The molecular formula is C15H18IN3O.